The molecule has 168 valence electrons. The molecule has 0 aliphatic heterocycles. The molecule has 3 aromatic rings. The van der Waals surface area contributed by atoms with E-state index in [1.165, 1.54) is 0 Å². The van der Waals surface area contributed by atoms with Crippen LogP contribution >= 0.6 is 11.6 Å². The summed E-state index contributed by atoms with van der Waals surface area (Å²) >= 11 is 6.73. The number of rotatable bonds is 9. The van der Waals surface area contributed by atoms with E-state index in [4.69, 9.17) is 25.8 Å². The lowest BCUT2D eigenvalue weighted by molar-refractivity contribution is 0.0912. The van der Waals surface area contributed by atoms with Gasteiger partial charge in [0.1, 0.15) is 6.73 Å². The van der Waals surface area contributed by atoms with E-state index in [1.54, 1.807) is 13.3 Å². The molecule has 3 rings (SSSR count). The van der Waals surface area contributed by atoms with Crippen LogP contribution in [0.4, 0.5) is 0 Å². The van der Waals surface area contributed by atoms with Crippen molar-refractivity contribution < 1.29 is 14.2 Å². The van der Waals surface area contributed by atoms with Crippen molar-refractivity contribution in [2.75, 3.05) is 13.7 Å². The first-order valence-electron chi connectivity index (χ1n) is 10.3. The Labute approximate surface area is 188 Å². The maximum Gasteiger partial charge on any atom is 0.275 e. The van der Waals surface area contributed by atoms with Crippen LogP contribution in [0.2, 0.25) is 30.7 Å². The van der Waals surface area contributed by atoms with Crippen molar-refractivity contribution in [3.63, 3.8) is 0 Å². The number of nitrogens with zero attached hydrogens (tertiary/aromatic N) is 2. The fourth-order valence-corrected chi connectivity index (χ4v) is 4.43. The van der Waals surface area contributed by atoms with E-state index in [1.807, 2.05) is 36.6 Å². The highest BCUT2D eigenvalue weighted by Gasteiger charge is 2.22. The van der Waals surface area contributed by atoms with E-state index >= 15 is 0 Å². The number of H-pyrrole nitrogens is 1. The van der Waals surface area contributed by atoms with Gasteiger partial charge in [-0.2, -0.15) is 5.10 Å². The van der Waals surface area contributed by atoms with E-state index in [0.717, 1.165) is 11.6 Å². The zero-order valence-corrected chi connectivity index (χ0v) is 20.7. The lowest BCUT2D eigenvalue weighted by Gasteiger charge is -2.18. The molecule has 1 N–H and O–H groups in total. The van der Waals surface area contributed by atoms with E-state index in [0.29, 0.717) is 39.7 Å². The molecule has 9 heteroatoms. The highest BCUT2D eigenvalue weighted by Crippen LogP contribution is 2.39. The molecule has 0 saturated heterocycles. The number of halogens is 1. The number of methoxy groups -OCH3 is 1. The molecule has 0 radical (unpaired) electrons. The summed E-state index contributed by atoms with van der Waals surface area (Å²) in [4.78, 5) is 12.5. The third-order valence-corrected chi connectivity index (χ3v) is 6.91. The van der Waals surface area contributed by atoms with Gasteiger partial charge in [-0.1, -0.05) is 31.2 Å². The summed E-state index contributed by atoms with van der Waals surface area (Å²) in [5.41, 5.74) is 1.76. The number of nitrogens with one attached hydrogen (secondary N) is 1. The van der Waals surface area contributed by atoms with Gasteiger partial charge in [-0.3, -0.25) is 4.79 Å². The maximum absolute atomic E-state index is 12.5. The molecular weight excluding hydrogens is 434 g/mol. The average molecular weight is 464 g/mol. The second-order valence-corrected chi connectivity index (χ2v) is 14.9. The van der Waals surface area contributed by atoms with Crippen LogP contribution in [0.25, 0.3) is 22.2 Å². The van der Waals surface area contributed by atoms with Crippen molar-refractivity contribution >= 4 is 30.6 Å². The first kappa shape index (κ1) is 23.4. The van der Waals surface area contributed by atoms with Crippen molar-refractivity contribution in [1.82, 2.24) is 14.8 Å². The second kappa shape index (κ2) is 9.46. The van der Waals surface area contributed by atoms with Crippen LogP contribution in [0.5, 0.6) is 11.5 Å². The van der Waals surface area contributed by atoms with Gasteiger partial charge in [0.05, 0.1) is 41.0 Å². The van der Waals surface area contributed by atoms with Crippen LogP contribution in [0.1, 0.15) is 13.8 Å². The molecule has 0 bridgehead atoms. The summed E-state index contributed by atoms with van der Waals surface area (Å²) in [6.45, 7) is 11.7. The number of hydrogen-bond acceptors (Lipinski definition) is 5. The molecule has 0 atom stereocenters. The highest BCUT2D eigenvalue weighted by atomic mass is 35.5. The van der Waals surface area contributed by atoms with Crippen molar-refractivity contribution in [2.24, 2.45) is 0 Å². The zero-order valence-electron chi connectivity index (χ0n) is 18.9. The predicted molar refractivity (Wildman–Crippen MR) is 127 cm³/mol. The zero-order chi connectivity index (χ0) is 22.8. The Bertz CT molecular complexity index is 1120. The van der Waals surface area contributed by atoms with Gasteiger partial charge in [0.15, 0.2) is 11.5 Å². The molecule has 0 fully saturated rings. The maximum atomic E-state index is 12.5. The summed E-state index contributed by atoms with van der Waals surface area (Å²) in [6.07, 6.45) is 1.57. The van der Waals surface area contributed by atoms with Gasteiger partial charge in [0, 0.05) is 20.2 Å². The van der Waals surface area contributed by atoms with Gasteiger partial charge in [-0.25, -0.2) is 5.10 Å². The van der Waals surface area contributed by atoms with E-state index in [2.05, 4.69) is 29.8 Å². The van der Waals surface area contributed by atoms with E-state index < -0.39 is 8.07 Å². The number of ether oxygens (including phenoxy) is 3. The van der Waals surface area contributed by atoms with Gasteiger partial charge in [-0.15, -0.1) is 0 Å². The van der Waals surface area contributed by atoms with Crippen LogP contribution in [0.15, 0.2) is 29.2 Å². The lowest BCUT2D eigenvalue weighted by Crippen LogP contribution is -2.22. The fourth-order valence-electron chi connectivity index (χ4n) is 3.28. The summed E-state index contributed by atoms with van der Waals surface area (Å²) < 4.78 is 19.3. The van der Waals surface area contributed by atoms with Crippen LogP contribution in [-0.4, -0.2) is 42.7 Å². The third-order valence-electron chi connectivity index (χ3n) is 4.84. The summed E-state index contributed by atoms with van der Waals surface area (Å²) in [5.74, 6) is 1.23. The molecule has 0 aliphatic rings. The van der Waals surface area contributed by atoms with Gasteiger partial charge < -0.3 is 18.8 Å². The molecule has 31 heavy (non-hydrogen) atoms. The number of fused-ring (bicyclic) bond motifs is 1. The number of aromatic nitrogens is 3. The van der Waals surface area contributed by atoms with Crippen LogP contribution in [-0.2, 0) is 11.5 Å². The summed E-state index contributed by atoms with van der Waals surface area (Å²) in [7, 11) is 0.379. The minimum absolute atomic E-state index is 0.0255. The number of hydrogen-bond donors (Lipinski definition) is 1. The fraction of sp³-hybridized carbons (Fsp3) is 0.455. The highest BCUT2D eigenvalue weighted by molar-refractivity contribution is 6.76. The number of benzene rings is 1. The quantitative estimate of drug-likeness (QED) is 0.350. The summed E-state index contributed by atoms with van der Waals surface area (Å²) in [6, 6.07) is 6.65. The first-order chi connectivity index (χ1) is 14.6. The van der Waals surface area contributed by atoms with Crippen molar-refractivity contribution in [3.05, 3.63) is 39.8 Å². The smallest absolute Gasteiger partial charge is 0.275 e. The molecule has 0 aliphatic carbocycles. The Hall–Kier alpha value is -2.29. The van der Waals surface area contributed by atoms with Gasteiger partial charge in [0.2, 0.25) is 0 Å². The van der Waals surface area contributed by atoms with Gasteiger partial charge in [0.25, 0.3) is 5.56 Å². The van der Waals surface area contributed by atoms with Gasteiger partial charge in [-0.05, 0) is 38.1 Å². The minimum Gasteiger partial charge on any atom is -0.493 e. The molecule has 2 aromatic heterocycles. The van der Waals surface area contributed by atoms with Crippen molar-refractivity contribution in [3.8, 4) is 22.8 Å². The molecule has 1 aromatic carbocycles. The van der Waals surface area contributed by atoms with Crippen molar-refractivity contribution in [1.29, 1.82) is 0 Å². The Kier molecular flexibility index (Phi) is 7.13. The normalized spacial score (nSPS) is 12.0. The predicted octanol–water partition coefficient (Wildman–Crippen LogP) is 5.15. The molecule has 0 saturated carbocycles. The standard InChI is InChI=1S/C22H30ClN3O4Si/c1-14(2)30-18-11-15(7-8-17(18)28-3)21-20(23)19-16(12-24-25-22(19)27)26(21)13-29-9-10-31(4,5)6/h7-8,11-12,14H,9-10,13H2,1-6H3,(H,25,27). The Balaban J connectivity index is 2.10. The SMILES string of the molecule is COc1ccc(-c2c(Cl)c3c(=O)[nH]ncc3n2COCC[Si](C)(C)C)cc1OC(C)C. The monoisotopic (exact) mass is 463 g/mol. The van der Waals surface area contributed by atoms with Crippen LogP contribution in [0, 0.1) is 0 Å². The topological polar surface area (TPSA) is 78.4 Å². The minimum atomic E-state index is -1.22. The van der Waals surface area contributed by atoms with Gasteiger partial charge >= 0.3 is 0 Å². The Morgan fingerprint density at radius 2 is 1.97 bits per heavy atom. The van der Waals surface area contributed by atoms with Crippen molar-refractivity contribution in [2.45, 2.75) is 52.4 Å². The third kappa shape index (κ3) is 5.31. The summed E-state index contributed by atoms with van der Waals surface area (Å²) in [5, 5.41) is 7.18. The Morgan fingerprint density at radius 3 is 2.61 bits per heavy atom. The van der Waals surface area contributed by atoms with E-state index in [9.17, 15) is 4.79 Å². The lowest BCUT2D eigenvalue weighted by atomic mass is 10.1. The molecular formula is C22H30ClN3O4Si. The average Bonchev–Trinajstić information content (AvgIpc) is 2.97. The molecule has 2 heterocycles. The molecule has 0 amide bonds. The molecule has 0 unspecified atom stereocenters. The van der Waals surface area contributed by atoms with E-state index in [-0.39, 0.29) is 18.4 Å². The molecule has 0 spiro atoms. The largest absolute Gasteiger partial charge is 0.493 e. The Morgan fingerprint density at radius 1 is 1.23 bits per heavy atom. The first-order valence-corrected chi connectivity index (χ1v) is 14.4. The second-order valence-electron chi connectivity index (χ2n) is 8.93. The van der Waals surface area contributed by atoms with Crippen LogP contribution < -0.4 is 15.0 Å². The molecule has 7 nitrogen and oxygen atoms in total. The van der Waals surface area contributed by atoms with Crippen LogP contribution in [0.3, 0.4) is 0 Å². The number of aromatic amines is 1.